The van der Waals surface area contributed by atoms with E-state index in [-0.39, 0.29) is 35.0 Å². The van der Waals surface area contributed by atoms with Gasteiger partial charge < -0.3 is 10.1 Å². The van der Waals surface area contributed by atoms with Gasteiger partial charge in [0.15, 0.2) is 16.7 Å². The van der Waals surface area contributed by atoms with Crippen LogP contribution in [-0.2, 0) is 11.2 Å². The van der Waals surface area contributed by atoms with Gasteiger partial charge in [0.1, 0.15) is 17.8 Å². The summed E-state index contributed by atoms with van der Waals surface area (Å²) in [6.45, 7) is 4.05. The third kappa shape index (κ3) is 7.25. The molecule has 1 N–H and O–H groups in total. The Kier molecular flexibility index (Phi) is 8.99. The van der Waals surface area contributed by atoms with E-state index in [4.69, 9.17) is 0 Å². The zero-order valence-electron chi connectivity index (χ0n) is 23.5. The van der Waals surface area contributed by atoms with Crippen molar-refractivity contribution in [3.8, 4) is 22.8 Å². The van der Waals surface area contributed by atoms with E-state index in [0.717, 1.165) is 17.3 Å². The van der Waals surface area contributed by atoms with Crippen LogP contribution < -0.4 is 15.0 Å². The van der Waals surface area contributed by atoms with E-state index in [9.17, 15) is 27.2 Å². The van der Waals surface area contributed by atoms with E-state index in [1.165, 1.54) is 52.3 Å². The summed E-state index contributed by atoms with van der Waals surface area (Å²) in [6.07, 6.45) is -3.07. The number of benzene rings is 3. The molecule has 9 nitrogen and oxygen atoms in total. The molecule has 0 spiro atoms. The summed E-state index contributed by atoms with van der Waals surface area (Å²) < 4.78 is 57.5. The number of halogens is 4. The number of alkyl halides is 3. The van der Waals surface area contributed by atoms with Gasteiger partial charge in [-0.05, 0) is 53.8 Å². The number of hydrogen-bond donors (Lipinski definition) is 1. The molecule has 0 bridgehead atoms. The third-order valence-corrected chi connectivity index (χ3v) is 7.47. The van der Waals surface area contributed by atoms with Crippen LogP contribution in [0.15, 0.2) is 78.0 Å². The molecule has 228 valence electrons. The molecular formula is C30H26F4N6O3S. The number of rotatable bonds is 8. The summed E-state index contributed by atoms with van der Waals surface area (Å²) in [5, 5.41) is 7.25. The lowest BCUT2D eigenvalue weighted by Gasteiger charge is -2.21. The van der Waals surface area contributed by atoms with E-state index in [0.29, 0.717) is 29.1 Å². The van der Waals surface area contributed by atoms with Crippen LogP contribution in [0.2, 0.25) is 0 Å². The number of urea groups is 1. The van der Waals surface area contributed by atoms with E-state index in [2.05, 4.69) is 25.1 Å². The highest BCUT2D eigenvalue weighted by molar-refractivity contribution is 8.15. The molecular weight excluding hydrogens is 600 g/mol. The van der Waals surface area contributed by atoms with Gasteiger partial charge in [-0.1, -0.05) is 62.0 Å². The number of carbonyl (C=O) groups excluding carboxylic acids is 2. The number of carbonyl (C=O) groups is 2. The highest BCUT2D eigenvalue weighted by Crippen LogP contribution is 2.34. The SMILES string of the molecule is CC(C)c1cc(F)ccc1N1C(=O)CS/C1=N\C(=O)NCCc1ccc(-c2ncn(-c3ccccc3OC(F)(F)F)n2)cc1. The lowest BCUT2D eigenvalue weighted by atomic mass is 10.0. The van der Waals surface area contributed by atoms with Gasteiger partial charge in [-0.2, -0.15) is 4.99 Å². The maximum Gasteiger partial charge on any atom is 0.573 e. The number of anilines is 1. The van der Waals surface area contributed by atoms with Gasteiger partial charge in [-0.3, -0.25) is 9.69 Å². The number of thioether (sulfide) groups is 1. The van der Waals surface area contributed by atoms with Crippen molar-refractivity contribution in [2.24, 2.45) is 4.99 Å². The molecule has 14 heteroatoms. The quantitative estimate of drug-likeness (QED) is 0.225. The summed E-state index contributed by atoms with van der Waals surface area (Å²) in [4.78, 5) is 34.9. The smallest absolute Gasteiger partial charge is 0.403 e. The highest BCUT2D eigenvalue weighted by atomic mass is 32.2. The molecule has 1 aliphatic rings. The number of amidine groups is 1. The van der Waals surface area contributed by atoms with Gasteiger partial charge in [0.25, 0.3) is 0 Å². The maximum absolute atomic E-state index is 13.9. The molecule has 1 fully saturated rings. The van der Waals surface area contributed by atoms with E-state index in [1.54, 1.807) is 18.2 Å². The largest absolute Gasteiger partial charge is 0.573 e. The van der Waals surface area contributed by atoms with Crippen molar-refractivity contribution in [2.45, 2.75) is 32.5 Å². The Labute approximate surface area is 254 Å². The average molecular weight is 627 g/mol. The number of aromatic nitrogens is 3. The minimum absolute atomic E-state index is 0.0540. The van der Waals surface area contributed by atoms with Crippen LogP contribution in [0.25, 0.3) is 17.1 Å². The van der Waals surface area contributed by atoms with Crippen molar-refractivity contribution in [2.75, 3.05) is 17.2 Å². The molecule has 3 amide bonds. The van der Waals surface area contributed by atoms with Gasteiger partial charge in [-0.25, -0.2) is 18.9 Å². The fourth-order valence-corrected chi connectivity index (χ4v) is 5.36. The number of nitrogens with zero attached hydrogens (tertiary/aromatic N) is 5. The molecule has 5 rings (SSSR count). The number of hydrogen-bond acceptors (Lipinski definition) is 6. The number of nitrogens with one attached hydrogen (secondary N) is 1. The second kappa shape index (κ2) is 12.9. The average Bonchev–Trinajstić information content (AvgIpc) is 3.60. The molecule has 0 saturated carbocycles. The molecule has 0 radical (unpaired) electrons. The molecule has 0 aliphatic carbocycles. The summed E-state index contributed by atoms with van der Waals surface area (Å²) in [6, 6.07) is 16.4. The first kappa shape index (κ1) is 30.7. The summed E-state index contributed by atoms with van der Waals surface area (Å²) in [5.41, 5.74) is 2.76. The molecule has 44 heavy (non-hydrogen) atoms. The third-order valence-electron chi connectivity index (χ3n) is 6.55. The van der Waals surface area contributed by atoms with Crippen LogP contribution in [0.5, 0.6) is 5.75 Å². The van der Waals surface area contributed by atoms with Crippen molar-refractivity contribution in [1.29, 1.82) is 0 Å². The van der Waals surface area contributed by atoms with Crippen LogP contribution in [0.3, 0.4) is 0 Å². The number of ether oxygens (including phenoxy) is 1. The van der Waals surface area contributed by atoms with Crippen molar-refractivity contribution >= 4 is 34.6 Å². The molecule has 4 aromatic rings. The molecule has 1 saturated heterocycles. The maximum atomic E-state index is 13.9. The molecule has 3 aromatic carbocycles. The normalized spacial score (nSPS) is 14.5. The molecule has 0 atom stereocenters. The Morgan fingerprint density at radius 2 is 1.84 bits per heavy atom. The minimum atomic E-state index is -4.85. The van der Waals surface area contributed by atoms with Crippen LogP contribution in [0.1, 0.15) is 30.9 Å². The van der Waals surface area contributed by atoms with Gasteiger partial charge in [0.2, 0.25) is 5.91 Å². The first-order valence-electron chi connectivity index (χ1n) is 13.5. The number of para-hydroxylation sites is 2. The second-order valence-electron chi connectivity index (χ2n) is 9.98. The van der Waals surface area contributed by atoms with Crippen LogP contribution in [0.4, 0.5) is 28.0 Å². The van der Waals surface area contributed by atoms with Gasteiger partial charge >= 0.3 is 12.4 Å². The fraction of sp³-hybridized carbons (Fsp3) is 0.233. The van der Waals surface area contributed by atoms with Crippen LogP contribution in [-0.4, -0.2) is 50.5 Å². The van der Waals surface area contributed by atoms with Crippen molar-refractivity contribution in [3.63, 3.8) is 0 Å². The first-order chi connectivity index (χ1) is 21.0. The highest BCUT2D eigenvalue weighted by Gasteiger charge is 2.33. The Hall–Kier alpha value is -4.72. The molecule has 1 aromatic heterocycles. The topological polar surface area (TPSA) is 102 Å². The second-order valence-corrected chi connectivity index (χ2v) is 10.9. The zero-order valence-corrected chi connectivity index (χ0v) is 24.3. The predicted octanol–water partition coefficient (Wildman–Crippen LogP) is 6.48. The molecule has 0 unspecified atom stereocenters. The zero-order chi connectivity index (χ0) is 31.4. The van der Waals surface area contributed by atoms with Gasteiger partial charge in [-0.15, -0.1) is 18.3 Å². The van der Waals surface area contributed by atoms with Crippen LogP contribution >= 0.6 is 11.8 Å². The lowest BCUT2D eigenvalue weighted by molar-refractivity contribution is -0.274. The number of amides is 3. The van der Waals surface area contributed by atoms with E-state index < -0.39 is 24.0 Å². The van der Waals surface area contributed by atoms with Gasteiger partial charge in [0, 0.05) is 12.1 Å². The molecule has 1 aliphatic heterocycles. The van der Waals surface area contributed by atoms with E-state index in [1.807, 2.05) is 26.0 Å². The van der Waals surface area contributed by atoms with E-state index >= 15 is 0 Å². The van der Waals surface area contributed by atoms with Crippen LogP contribution in [0, 0.1) is 5.82 Å². The van der Waals surface area contributed by atoms with Crippen molar-refractivity contribution < 1.29 is 31.9 Å². The van der Waals surface area contributed by atoms with Crippen molar-refractivity contribution in [1.82, 2.24) is 20.1 Å². The Bertz CT molecular complexity index is 1710. The number of aliphatic imine (C=N–C) groups is 1. The fourth-order valence-electron chi connectivity index (χ4n) is 4.50. The standard InChI is InChI=1S/C30H26F4N6O3S/c1-18(2)22-15-21(31)11-12-23(22)40-26(41)16-44-29(40)37-28(42)35-14-13-19-7-9-20(10-8-19)27-36-17-39(38-27)24-5-3-4-6-25(24)43-30(32,33)34/h3-12,15,17-18H,13-14,16H2,1-2H3,(H,35,42)/b37-29-. The monoisotopic (exact) mass is 626 g/mol. The lowest BCUT2D eigenvalue weighted by Crippen LogP contribution is -2.32. The minimum Gasteiger partial charge on any atom is -0.403 e. The Morgan fingerprint density at radius 1 is 1.09 bits per heavy atom. The van der Waals surface area contributed by atoms with Crippen molar-refractivity contribution in [3.05, 3.63) is 90.0 Å². The molecule has 2 heterocycles. The van der Waals surface area contributed by atoms with Gasteiger partial charge in [0.05, 0.1) is 11.4 Å². The predicted molar refractivity (Wildman–Crippen MR) is 158 cm³/mol. The Balaban J connectivity index is 1.20. The summed E-state index contributed by atoms with van der Waals surface area (Å²) in [5.74, 6) is -0.686. The Morgan fingerprint density at radius 3 is 2.57 bits per heavy atom. The summed E-state index contributed by atoms with van der Waals surface area (Å²) >= 11 is 1.14. The first-order valence-corrected chi connectivity index (χ1v) is 14.4. The summed E-state index contributed by atoms with van der Waals surface area (Å²) in [7, 11) is 0.